The van der Waals surface area contributed by atoms with Crippen molar-refractivity contribution in [3.8, 4) is 0 Å². The number of anilines is 1. The van der Waals surface area contributed by atoms with E-state index in [1.807, 2.05) is 24.5 Å². The molecule has 0 bridgehead atoms. The lowest BCUT2D eigenvalue weighted by atomic mass is 10.2. The molecule has 1 aromatic carbocycles. The Morgan fingerprint density at radius 2 is 2.25 bits per heavy atom. The summed E-state index contributed by atoms with van der Waals surface area (Å²) in [7, 11) is 0. The standard InChI is InChI=1S/C9H9NOS/c1-12-10-8-2-3-9-7(6-8)4-5-11-9/h2-6,10H,1H3. The van der Waals surface area contributed by atoms with Crippen molar-refractivity contribution in [1.82, 2.24) is 0 Å². The molecule has 0 amide bonds. The summed E-state index contributed by atoms with van der Waals surface area (Å²) in [6.45, 7) is 0. The third-order valence-electron chi connectivity index (χ3n) is 1.67. The van der Waals surface area contributed by atoms with Gasteiger partial charge in [0.25, 0.3) is 0 Å². The molecule has 0 atom stereocenters. The van der Waals surface area contributed by atoms with E-state index >= 15 is 0 Å². The second kappa shape index (κ2) is 3.11. The molecule has 2 rings (SSSR count). The molecule has 3 heteroatoms. The van der Waals surface area contributed by atoms with E-state index < -0.39 is 0 Å². The van der Waals surface area contributed by atoms with Crippen molar-refractivity contribution in [3.63, 3.8) is 0 Å². The first-order valence-electron chi connectivity index (χ1n) is 3.66. The Bertz CT molecular complexity index is 383. The van der Waals surface area contributed by atoms with Gasteiger partial charge in [0, 0.05) is 17.3 Å². The highest BCUT2D eigenvalue weighted by Gasteiger charge is 1.96. The predicted molar refractivity (Wildman–Crippen MR) is 53.4 cm³/mol. The van der Waals surface area contributed by atoms with E-state index in [1.165, 1.54) is 0 Å². The number of rotatable bonds is 2. The summed E-state index contributed by atoms with van der Waals surface area (Å²) >= 11 is 1.59. The Hall–Kier alpha value is -1.09. The molecule has 0 aliphatic carbocycles. The van der Waals surface area contributed by atoms with Gasteiger partial charge in [0.1, 0.15) is 5.58 Å². The molecule has 62 valence electrons. The maximum Gasteiger partial charge on any atom is 0.133 e. The van der Waals surface area contributed by atoms with Crippen LogP contribution in [0.4, 0.5) is 5.69 Å². The first kappa shape index (κ1) is 7.55. The molecule has 2 aromatic rings. The maximum absolute atomic E-state index is 5.22. The number of hydrogen-bond acceptors (Lipinski definition) is 3. The van der Waals surface area contributed by atoms with Crippen LogP contribution in [-0.4, -0.2) is 6.26 Å². The summed E-state index contributed by atoms with van der Waals surface area (Å²) < 4.78 is 8.38. The van der Waals surface area contributed by atoms with Gasteiger partial charge in [0.15, 0.2) is 0 Å². The van der Waals surface area contributed by atoms with E-state index in [9.17, 15) is 0 Å². The molecule has 0 aliphatic heterocycles. The normalized spacial score (nSPS) is 10.4. The lowest BCUT2D eigenvalue weighted by Crippen LogP contribution is -1.82. The second-order valence-corrected chi connectivity index (χ2v) is 3.09. The average Bonchev–Trinajstić information content (AvgIpc) is 2.51. The van der Waals surface area contributed by atoms with E-state index in [-0.39, 0.29) is 0 Å². The van der Waals surface area contributed by atoms with E-state index in [2.05, 4.69) is 10.8 Å². The average molecular weight is 179 g/mol. The molecule has 1 aromatic heterocycles. The smallest absolute Gasteiger partial charge is 0.133 e. The minimum atomic E-state index is 0.932. The summed E-state index contributed by atoms with van der Waals surface area (Å²) in [5.74, 6) is 0. The highest BCUT2D eigenvalue weighted by Crippen LogP contribution is 2.21. The molecular formula is C9H9NOS. The van der Waals surface area contributed by atoms with Crippen LogP contribution >= 0.6 is 11.9 Å². The molecule has 1 heterocycles. The Morgan fingerprint density at radius 1 is 1.33 bits per heavy atom. The SMILES string of the molecule is CSNc1ccc2occc2c1. The van der Waals surface area contributed by atoms with Gasteiger partial charge in [-0.05, 0) is 24.3 Å². The molecule has 2 nitrogen and oxygen atoms in total. The molecule has 0 fully saturated rings. The second-order valence-electron chi connectivity index (χ2n) is 2.48. The summed E-state index contributed by atoms with van der Waals surface area (Å²) in [6, 6.07) is 7.99. The highest BCUT2D eigenvalue weighted by molar-refractivity contribution is 7.99. The maximum atomic E-state index is 5.22. The summed E-state index contributed by atoms with van der Waals surface area (Å²) in [5, 5.41) is 1.13. The Morgan fingerprint density at radius 3 is 3.08 bits per heavy atom. The van der Waals surface area contributed by atoms with Crippen LogP contribution in [0, 0.1) is 0 Å². The quantitative estimate of drug-likeness (QED) is 0.717. The van der Waals surface area contributed by atoms with E-state index in [0.29, 0.717) is 0 Å². The van der Waals surface area contributed by atoms with Crippen molar-refractivity contribution in [2.75, 3.05) is 11.0 Å². The van der Waals surface area contributed by atoms with Crippen LogP contribution in [0.3, 0.4) is 0 Å². The van der Waals surface area contributed by atoms with Crippen molar-refractivity contribution in [2.24, 2.45) is 0 Å². The van der Waals surface area contributed by atoms with Crippen molar-refractivity contribution < 1.29 is 4.42 Å². The molecule has 0 saturated heterocycles. The van der Waals surface area contributed by atoms with Gasteiger partial charge in [-0.3, -0.25) is 0 Å². The van der Waals surface area contributed by atoms with Crippen LogP contribution in [0.2, 0.25) is 0 Å². The zero-order valence-electron chi connectivity index (χ0n) is 6.70. The van der Waals surface area contributed by atoms with Gasteiger partial charge >= 0.3 is 0 Å². The lowest BCUT2D eigenvalue weighted by Gasteiger charge is -2.00. The van der Waals surface area contributed by atoms with Crippen LogP contribution in [-0.2, 0) is 0 Å². The number of benzene rings is 1. The molecule has 0 saturated carbocycles. The van der Waals surface area contributed by atoms with E-state index in [1.54, 1.807) is 18.2 Å². The van der Waals surface area contributed by atoms with Gasteiger partial charge < -0.3 is 9.14 Å². The van der Waals surface area contributed by atoms with Crippen molar-refractivity contribution in [3.05, 3.63) is 30.5 Å². The van der Waals surface area contributed by atoms with Gasteiger partial charge in [-0.15, -0.1) is 0 Å². The van der Waals surface area contributed by atoms with Gasteiger partial charge in [-0.25, -0.2) is 0 Å². The van der Waals surface area contributed by atoms with Crippen LogP contribution < -0.4 is 4.72 Å². The minimum absolute atomic E-state index is 0.932. The van der Waals surface area contributed by atoms with Crippen LogP contribution in [0.15, 0.2) is 34.9 Å². The van der Waals surface area contributed by atoms with E-state index in [4.69, 9.17) is 4.42 Å². The molecule has 0 aliphatic rings. The predicted octanol–water partition coefficient (Wildman–Crippen LogP) is 3.12. The molecule has 1 N–H and O–H groups in total. The summed E-state index contributed by atoms with van der Waals surface area (Å²) in [6.07, 6.45) is 3.70. The van der Waals surface area contributed by atoms with Gasteiger partial charge in [0.05, 0.1) is 6.26 Å². The largest absolute Gasteiger partial charge is 0.464 e. The Labute approximate surface area is 75.1 Å². The number of hydrogen-bond donors (Lipinski definition) is 1. The fourth-order valence-corrected chi connectivity index (χ4v) is 1.51. The molecular weight excluding hydrogens is 170 g/mol. The zero-order valence-corrected chi connectivity index (χ0v) is 7.52. The fourth-order valence-electron chi connectivity index (χ4n) is 1.15. The van der Waals surface area contributed by atoms with Crippen molar-refractivity contribution >= 4 is 28.6 Å². The van der Waals surface area contributed by atoms with Gasteiger partial charge in [-0.1, -0.05) is 11.9 Å². The third-order valence-corrected chi connectivity index (χ3v) is 2.11. The van der Waals surface area contributed by atoms with E-state index in [0.717, 1.165) is 16.7 Å². The fraction of sp³-hybridized carbons (Fsp3) is 0.111. The van der Waals surface area contributed by atoms with Crippen LogP contribution in [0.1, 0.15) is 0 Å². The van der Waals surface area contributed by atoms with Gasteiger partial charge in [0.2, 0.25) is 0 Å². The monoisotopic (exact) mass is 179 g/mol. The zero-order chi connectivity index (χ0) is 8.39. The Balaban J connectivity index is 2.46. The van der Waals surface area contributed by atoms with Gasteiger partial charge in [-0.2, -0.15) is 0 Å². The summed E-state index contributed by atoms with van der Waals surface area (Å²) in [5.41, 5.74) is 2.04. The molecule has 0 radical (unpaired) electrons. The molecule has 0 unspecified atom stereocenters. The first-order valence-corrected chi connectivity index (χ1v) is 4.89. The third kappa shape index (κ3) is 1.28. The lowest BCUT2D eigenvalue weighted by molar-refractivity contribution is 0.616. The molecule has 0 spiro atoms. The topological polar surface area (TPSA) is 25.2 Å². The Kier molecular flexibility index (Phi) is 1.96. The summed E-state index contributed by atoms with van der Waals surface area (Å²) in [4.78, 5) is 0. The minimum Gasteiger partial charge on any atom is -0.464 e. The van der Waals surface area contributed by atoms with Crippen molar-refractivity contribution in [2.45, 2.75) is 0 Å². The van der Waals surface area contributed by atoms with Crippen molar-refractivity contribution in [1.29, 1.82) is 0 Å². The number of nitrogens with one attached hydrogen (secondary N) is 1. The van der Waals surface area contributed by atoms with Crippen LogP contribution in [0.5, 0.6) is 0 Å². The first-order chi connectivity index (χ1) is 5.90. The number of furan rings is 1. The highest BCUT2D eigenvalue weighted by atomic mass is 32.2. The van der Waals surface area contributed by atoms with Crippen LogP contribution in [0.25, 0.3) is 11.0 Å². The number of fused-ring (bicyclic) bond motifs is 1. The molecule has 12 heavy (non-hydrogen) atoms.